The number of hydrogen-bond acceptors (Lipinski definition) is 4. The summed E-state index contributed by atoms with van der Waals surface area (Å²) in [6.07, 6.45) is 0. The average molecular weight is 160 g/mol. The smallest absolute Gasteiger partial charge is 0.205 e. The van der Waals surface area contributed by atoms with Crippen LogP contribution in [0.25, 0.3) is 0 Å². The standard InChI is InChI=1S/C4H8N4OS/c1-9-2-3-5-7-4(10)8-6-3/h2H2,1H3,(H,5,6)(H2,7,8,10). The van der Waals surface area contributed by atoms with Gasteiger partial charge >= 0.3 is 0 Å². The number of hydrazine groups is 1. The third-order valence-corrected chi connectivity index (χ3v) is 1.09. The van der Waals surface area contributed by atoms with E-state index in [1.54, 1.807) is 7.11 Å². The lowest BCUT2D eigenvalue weighted by Gasteiger charge is -2.16. The van der Waals surface area contributed by atoms with Gasteiger partial charge in [-0.15, -0.1) is 0 Å². The molecule has 0 bridgehead atoms. The molecule has 0 radical (unpaired) electrons. The van der Waals surface area contributed by atoms with Crippen LogP contribution in [0.4, 0.5) is 0 Å². The second kappa shape index (κ2) is 3.33. The molecule has 1 aliphatic heterocycles. The van der Waals surface area contributed by atoms with Crippen LogP contribution in [0, 0.1) is 0 Å². The first-order chi connectivity index (χ1) is 4.83. The molecule has 0 spiro atoms. The van der Waals surface area contributed by atoms with Crippen molar-refractivity contribution < 1.29 is 4.74 Å². The fourth-order valence-corrected chi connectivity index (χ4v) is 0.605. The van der Waals surface area contributed by atoms with Crippen molar-refractivity contribution in [3.8, 4) is 0 Å². The Labute approximate surface area is 63.8 Å². The van der Waals surface area contributed by atoms with Crippen LogP contribution in [0.15, 0.2) is 5.10 Å². The van der Waals surface area contributed by atoms with E-state index in [1.165, 1.54) is 0 Å². The van der Waals surface area contributed by atoms with Crippen molar-refractivity contribution in [3.05, 3.63) is 0 Å². The molecule has 1 aliphatic rings. The van der Waals surface area contributed by atoms with Crippen LogP contribution in [-0.4, -0.2) is 24.7 Å². The summed E-state index contributed by atoms with van der Waals surface area (Å²) in [6.45, 7) is 0.433. The molecule has 10 heavy (non-hydrogen) atoms. The number of methoxy groups -OCH3 is 1. The molecule has 0 amide bonds. The maximum absolute atomic E-state index is 4.80. The Kier molecular flexibility index (Phi) is 2.41. The van der Waals surface area contributed by atoms with Crippen LogP contribution >= 0.6 is 12.2 Å². The number of thiocarbonyl (C=S) groups is 1. The molecule has 0 aromatic carbocycles. The van der Waals surface area contributed by atoms with Gasteiger partial charge in [-0.3, -0.25) is 16.3 Å². The van der Waals surface area contributed by atoms with Gasteiger partial charge in [-0.05, 0) is 12.2 Å². The van der Waals surface area contributed by atoms with Crippen molar-refractivity contribution in [2.75, 3.05) is 13.7 Å². The molecule has 1 rings (SSSR count). The van der Waals surface area contributed by atoms with E-state index in [1.807, 2.05) is 0 Å². The van der Waals surface area contributed by atoms with Gasteiger partial charge in [0.2, 0.25) is 5.11 Å². The quantitative estimate of drug-likeness (QED) is 0.449. The fourth-order valence-electron chi connectivity index (χ4n) is 0.508. The van der Waals surface area contributed by atoms with E-state index in [0.717, 1.165) is 0 Å². The first-order valence-corrected chi connectivity index (χ1v) is 3.11. The molecular formula is C4H8N4OS. The highest BCUT2D eigenvalue weighted by Crippen LogP contribution is 1.78. The molecular weight excluding hydrogens is 152 g/mol. The summed E-state index contributed by atoms with van der Waals surface area (Å²) in [7, 11) is 1.59. The molecule has 0 aromatic rings. The highest BCUT2D eigenvalue weighted by atomic mass is 32.1. The number of nitrogens with one attached hydrogen (secondary N) is 3. The molecule has 0 fully saturated rings. The minimum Gasteiger partial charge on any atom is -0.377 e. The van der Waals surface area contributed by atoms with E-state index >= 15 is 0 Å². The van der Waals surface area contributed by atoms with Crippen molar-refractivity contribution in [2.45, 2.75) is 0 Å². The molecule has 56 valence electrons. The van der Waals surface area contributed by atoms with Gasteiger partial charge < -0.3 is 4.74 Å². The van der Waals surface area contributed by atoms with E-state index < -0.39 is 0 Å². The lowest BCUT2D eigenvalue weighted by Crippen LogP contribution is -2.52. The van der Waals surface area contributed by atoms with E-state index in [4.69, 9.17) is 17.0 Å². The second-order valence-electron chi connectivity index (χ2n) is 1.68. The zero-order chi connectivity index (χ0) is 7.40. The summed E-state index contributed by atoms with van der Waals surface area (Å²) >= 11 is 4.71. The molecule has 0 aliphatic carbocycles. The molecule has 0 aromatic heterocycles. The lowest BCUT2D eigenvalue weighted by molar-refractivity contribution is 0.241. The van der Waals surface area contributed by atoms with Crippen LogP contribution < -0.4 is 16.3 Å². The van der Waals surface area contributed by atoms with Crippen molar-refractivity contribution in [1.82, 2.24) is 16.3 Å². The second-order valence-corrected chi connectivity index (χ2v) is 2.09. The van der Waals surface area contributed by atoms with Gasteiger partial charge in [0.1, 0.15) is 6.61 Å². The van der Waals surface area contributed by atoms with Crippen LogP contribution in [0.3, 0.4) is 0 Å². The van der Waals surface area contributed by atoms with E-state index in [9.17, 15) is 0 Å². The van der Waals surface area contributed by atoms with Gasteiger partial charge in [0.15, 0.2) is 5.84 Å². The predicted octanol–water partition coefficient (Wildman–Crippen LogP) is -1.07. The van der Waals surface area contributed by atoms with Crippen LogP contribution in [-0.2, 0) is 4.74 Å². The molecule has 0 saturated carbocycles. The van der Waals surface area contributed by atoms with E-state index in [-0.39, 0.29) is 0 Å². The number of rotatable bonds is 2. The van der Waals surface area contributed by atoms with Gasteiger partial charge in [0.25, 0.3) is 0 Å². The highest BCUT2D eigenvalue weighted by molar-refractivity contribution is 7.80. The third kappa shape index (κ3) is 1.82. The number of ether oxygens (including phenoxy) is 1. The van der Waals surface area contributed by atoms with Gasteiger partial charge in [-0.1, -0.05) is 0 Å². The van der Waals surface area contributed by atoms with Gasteiger partial charge in [-0.25, -0.2) is 0 Å². The monoisotopic (exact) mass is 160 g/mol. The zero-order valence-electron chi connectivity index (χ0n) is 5.47. The topological polar surface area (TPSA) is 57.7 Å². The first-order valence-electron chi connectivity index (χ1n) is 2.70. The number of amidine groups is 1. The molecule has 0 atom stereocenters. The van der Waals surface area contributed by atoms with Crippen molar-refractivity contribution in [1.29, 1.82) is 0 Å². The largest absolute Gasteiger partial charge is 0.377 e. The Morgan fingerprint density at radius 2 is 2.40 bits per heavy atom. The summed E-state index contributed by atoms with van der Waals surface area (Å²) in [6, 6.07) is 0. The first kappa shape index (κ1) is 7.23. The zero-order valence-corrected chi connectivity index (χ0v) is 6.29. The van der Waals surface area contributed by atoms with Crippen LogP contribution in [0.2, 0.25) is 0 Å². The number of nitrogens with zero attached hydrogens (tertiary/aromatic N) is 1. The Morgan fingerprint density at radius 1 is 1.60 bits per heavy atom. The Morgan fingerprint density at radius 3 is 2.90 bits per heavy atom. The molecule has 0 unspecified atom stereocenters. The van der Waals surface area contributed by atoms with Crippen molar-refractivity contribution in [3.63, 3.8) is 0 Å². The summed E-state index contributed by atoms with van der Waals surface area (Å²) < 4.78 is 4.80. The number of hydrogen-bond donors (Lipinski definition) is 3. The maximum atomic E-state index is 4.80. The van der Waals surface area contributed by atoms with E-state index in [2.05, 4.69) is 21.4 Å². The van der Waals surface area contributed by atoms with Crippen LogP contribution in [0.5, 0.6) is 0 Å². The Hall–Kier alpha value is -0.880. The normalized spacial score (nSPS) is 16.5. The summed E-state index contributed by atoms with van der Waals surface area (Å²) in [4.78, 5) is 0. The molecule has 3 N–H and O–H groups in total. The Balaban J connectivity index is 2.40. The molecule has 1 heterocycles. The highest BCUT2D eigenvalue weighted by Gasteiger charge is 2.04. The summed E-state index contributed by atoms with van der Waals surface area (Å²) in [5.74, 6) is 0.677. The average Bonchev–Trinajstić information content (AvgIpc) is 1.95. The lowest BCUT2D eigenvalue weighted by atomic mass is 10.6. The third-order valence-electron chi connectivity index (χ3n) is 0.894. The summed E-state index contributed by atoms with van der Waals surface area (Å²) in [5.41, 5.74) is 8.00. The van der Waals surface area contributed by atoms with Crippen molar-refractivity contribution >= 4 is 23.2 Å². The van der Waals surface area contributed by atoms with Crippen LogP contribution in [0.1, 0.15) is 0 Å². The SMILES string of the molecule is COCC1=NNC(=S)NN1. The summed E-state index contributed by atoms with van der Waals surface area (Å²) in [5, 5.41) is 4.29. The van der Waals surface area contributed by atoms with E-state index in [0.29, 0.717) is 17.6 Å². The number of hydrazone groups is 1. The maximum Gasteiger partial charge on any atom is 0.205 e. The van der Waals surface area contributed by atoms with Gasteiger partial charge in [0.05, 0.1) is 0 Å². The minimum absolute atomic E-state index is 0.433. The minimum atomic E-state index is 0.433. The van der Waals surface area contributed by atoms with Gasteiger partial charge in [-0.2, -0.15) is 5.10 Å². The van der Waals surface area contributed by atoms with Gasteiger partial charge in [0, 0.05) is 7.11 Å². The Bertz CT molecular complexity index is 169. The van der Waals surface area contributed by atoms with Crippen molar-refractivity contribution in [2.24, 2.45) is 5.10 Å². The molecule has 5 nitrogen and oxygen atoms in total. The predicted molar refractivity (Wildman–Crippen MR) is 41.3 cm³/mol. The fraction of sp³-hybridized carbons (Fsp3) is 0.500. The molecule has 6 heteroatoms. The molecule has 0 saturated heterocycles.